The van der Waals surface area contributed by atoms with Crippen molar-refractivity contribution in [2.75, 3.05) is 18.1 Å². The van der Waals surface area contributed by atoms with Gasteiger partial charge in [-0.1, -0.05) is 0 Å². The number of alkyl halides is 5. The van der Waals surface area contributed by atoms with Crippen LogP contribution in [0.1, 0.15) is 28.8 Å². The molecule has 3 rings (SSSR count). The van der Waals surface area contributed by atoms with Gasteiger partial charge < -0.3 is 19.5 Å². The number of ether oxygens (including phenoxy) is 2. The Kier molecular flexibility index (Phi) is 6.99. The molecular formula is C21H20F5NO4. The second kappa shape index (κ2) is 9.51. The monoisotopic (exact) mass is 445 g/mol. The zero-order valence-electron chi connectivity index (χ0n) is 16.2. The molecule has 1 N–H and O–H groups in total. The van der Waals surface area contributed by atoms with Gasteiger partial charge in [0, 0.05) is 5.69 Å². The van der Waals surface area contributed by atoms with Gasteiger partial charge in [0.2, 0.25) is 0 Å². The highest BCUT2D eigenvalue weighted by Crippen LogP contribution is 2.32. The van der Waals surface area contributed by atoms with Crippen molar-refractivity contribution in [1.82, 2.24) is 0 Å². The quantitative estimate of drug-likeness (QED) is 0.604. The molecule has 1 aliphatic rings. The van der Waals surface area contributed by atoms with Crippen LogP contribution in [0.4, 0.5) is 27.6 Å². The fraction of sp³-hybridized carbons (Fsp3) is 0.381. The van der Waals surface area contributed by atoms with E-state index in [0.29, 0.717) is 18.5 Å². The lowest BCUT2D eigenvalue weighted by atomic mass is 9.99. The van der Waals surface area contributed by atoms with E-state index in [4.69, 9.17) is 9.84 Å². The van der Waals surface area contributed by atoms with Crippen molar-refractivity contribution < 1.29 is 41.3 Å². The van der Waals surface area contributed by atoms with E-state index >= 15 is 0 Å². The van der Waals surface area contributed by atoms with Gasteiger partial charge in [-0.05, 0) is 61.4 Å². The van der Waals surface area contributed by atoms with E-state index in [2.05, 4.69) is 4.74 Å². The normalized spacial score (nSPS) is 19.5. The lowest BCUT2D eigenvalue weighted by molar-refractivity contribution is -0.137. The first-order valence-electron chi connectivity index (χ1n) is 9.47. The maximum atomic E-state index is 12.7. The Balaban J connectivity index is 1.74. The minimum atomic E-state index is -4.44. The van der Waals surface area contributed by atoms with Gasteiger partial charge in [-0.3, -0.25) is 0 Å². The Morgan fingerprint density at radius 3 is 2.26 bits per heavy atom. The Hall–Kier alpha value is -2.88. The molecule has 1 saturated heterocycles. The largest absolute Gasteiger partial charge is 0.489 e. The number of nitrogens with zero attached hydrogens (tertiary/aromatic N) is 1. The third-order valence-corrected chi connectivity index (χ3v) is 5.01. The number of carbonyl (C=O) groups is 1. The number of aromatic carboxylic acids is 1. The van der Waals surface area contributed by atoms with Crippen molar-refractivity contribution in [1.29, 1.82) is 0 Å². The smallest absolute Gasteiger partial charge is 0.416 e. The first kappa shape index (κ1) is 22.8. The Morgan fingerprint density at radius 2 is 1.71 bits per heavy atom. The summed E-state index contributed by atoms with van der Waals surface area (Å²) in [5.41, 5.74) is -0.0971. The summed E-state index contributed by atoms with van der Waals surface area (Å²) in [6, 6.07) is 9.89. The van der Waals surface area contributed by atoms with Crippen LogP contribution in [0.15, 0.2) is 48.5 Å². The minimum Gasteiger partial charge on any atom is -0.489 e. The number of piperidine rings is 1. The first-order valence-corrected chi connectivity index (χ1v) is 9.47. The molecule has 0 spiro atoms. The Bertz CT molecular complexity index is 871. The predicted molar refractivity (Wildman–Crippen MR) is 102 cm³/mol. The van der Waals surface area contributed by atoms with Gasteiger partial charge in [-0.15, -0.1) is 0 Å². The number of carboxylic acid groups (broad SMARTS) is 1. The average Bonchev–Trinajstić information content (AvgIpc) is 2.72. The number of anilines is 1. The number of halogens is 5. The zero-order chi connectivity index (χ0) is 22.6. The Labute approximate surface area is 175 Å². The summed E-state index contributed by atoms with van der Waals surface area (Å²) in [5, 5.41) is 9.05. The standard InChI is InChI=1S/C21H20F5NO4/c22-20(23)30-12-16-7-10-18(31-17-8-3-14(4-9-17)21(24,25)26)11-27(16)15-5-1-13(2-6-15)19(28)29/h1-6,8-9,16,18,20H,7,10-12H2,(H,28,29)/t16-,18-/m0/s1. The lowest BCUT2D eigenvalue weighted by Gasteiger charge is -2.41. The van der Waals surface area contributed by atoms with Crippen molar-refractivity contribution in [3.05, 3.63) is 59.7 Å². The molecule has 0 saturated carbocycles. The molecule has 0 amide bonds. The van der Waals surface area contributed by atoms with Gasteiger partial charge >= 0.3 is 18.8 Å². The molecule has 0 unspecified atom stereocenters. The van der Waals surface area contributed by atoms with Gasteiger partial charge in [0.25, 0.3) is 0 Å². The second-order valence-corrected chi connectivity index (χ2v) is 7.09. The molecule has 2 aromatic carbocycles. The highest BCUT2D eigenvalue weighted by molar-refractivity contribution is 5.88. The maximum absolute atomic E-state index is 12.7. The molecule has 168 valence electrons. The molecule has 2 atom stereocenters. The summed E-state index contributed by atoms with van der Waals surface area (Å²) in [6.45, 7) is -2.88. The summed E-state index contributed by atoms with van der Waals surface area (Å²) in [4.78, 5) is 12.8. The topological polar surface area (TPSA) is 59.0 Å². The number of hydrogen-bond donors (Lipinski definition) is 1. The Morgan fingerprint density at radius 1 is 1.06 bits per heavy atom. The summed E-state index contributed by atoms with van der Waals surface area (Å²) in [6.07, 6.45) is -3.92. The fourth-order valence-corrected chi connectivity index (χ4v) is 3.47. The molecule has 1 aliphatic heterocycles. The van der Waals surface area contributed by atoms with Crippen molar-refractivity contribution in [3.63, 3.8) is 0 Å². The van der Waals surface area contributed by atoms with Gasteiger partial charge in [0.05, 0.1) is 30.3 Å². The van der Waals surface area contributed by atoms with E-state index in [1.165, 1.54) is 24.3 Å². The van der Waals surface area contributed by atoms with Crippen LogP contribution in [0.3, 0.4) is 0 Å². The van der Waals surface area contributed by atoms with Crippen molar-refractivity contribution >= 4 is 11.7 Å². The molecule has 1 fully saturated rings. The van der Waals surface area contributed by atoms with E-state index < -0.39 is 36.5 Å². The molecule has 2 aromatic rings. The fourth-order valence-electron chi connectivity index (χ4n) is 3.47. The molecule has 0 radical (unpaired) electrons. The van der Waals surface area contributed by atoms with E-state index in [9.17, 15) is 26.7 Å². The highest BCUT2D eigenvalue weighted by Gasteiger charge is 2.32. The molecule has 0 bridgehead atoms. The summed E-state index contributed by atoms with van der Waals surface area (Å²) >= 11 is 0. The summed E-state index contributed by atoms with van der Waals surface area (Å²) < 4.78 is 73.5. The molecule has 31 heavy (non-hydrogen) atoms. The minimum absolute atomic E-state index is 0.0821. The second-order valence-electron chi connectivity index (χ2n) is 7.09. The van der Waals surface area contributed by atoms with Gasteiger partial charge in [0.1, 0.15) is 11.9 Å². The van der Waals surface area contributed by atoms with Crippen LogP contribution in [0.5, 0.6) is 5.75 Å². The molecular weight excluding hydrogens is 425 g/mol. The first-order chi connectivity index (χ1) is 14.6. The van der Waals surface area contributed by atoms with E-state index in [1.807, 2.05) is 0 Å². The SMILES string of the molecule is O=C(O)c1ccc(N2C[C@@H](Oc3ccc(C(F)(F)F)cc3)CC[C@H]2COC(F)F)cc1. The summed E-state index contributed by atoms with van der Waals surface area (Å²) in [5.74, 6) is -0.826. The van der Waals surface area contributed by atoms with Crippen LogP contribution in [0, 0.1) is 0 Å². The van der Waals surface area contributed by atoms with Crippen LogP contribution >= 0.6 is 0 Å². The number of rotatable bonds is 7. The lowest BCUT2D eigenvalue weighted by Crippen LogP contribution is -2.49. The van der Waals surface area contributed by atoms with Crippen LogP contribution in [-0.4, -0.2) is 43.0 Å². The van der Waals surface area contributed by atoms with Crippen LogP contribution in [0.25, 0.3) is 0 Å². The van der Waals surface area contributed by atoms with Crippen molar-refractivity contribution in [2.24, 2.45) is 0 Å². The van der Waals surface area contributed by atoms with Crippen molar-refractivity contribution in [3.8, 4) is 5.75 Å². The van der Waals surface area contributed by atoms with Gasteiger partial charge in [-0.2, -0.15) is 22.0 Å². The maximum Gasteiger partial charge on any atom is 0.416 e. The number of benzene rings is 2. The van der Waals surface area contributed by atoms with Crippen LogP contribution in [0.2, 0.25) is 0 Å². The number of hydrogen-bond acceptors (Lipinski definition) is 4. The van der Waals surface area contributed by atoms with E-state index in [0.717, 1.165) is 12.1 Å². The van der Waals surface area contributed by atoms with E-state index in [-0.39, 0.29) is 24.5 Å². The predicted octanol–water partition coefficient (Wildman–Crippen LogP) is 5.06. The highest BCUT2D eigenvalue weighted by atomic mass is 19.4. The van der Waals surface area contributed by atoms with E-state index in [1.54, 1.807) is 17.0 Å². The molecule has 1 heterocycles. The van der Waals surface area contributed by atoms with Crippen molar-refractivity contribution in [2.45, 2.75) is 37.8 Å². The molecule has 0 aliphatic carbocycles. The van der Waals surface area contributed by atoms with Crippen LogP contribution in [-0.2, 0) is 10.9 Å². The third kappa shape index (κ3) is 6.06. The molecule has 5 nitrogen and oxygen atoms in total. The molecule has 0 aromatic heterocycles. The van der Waals surface area contributed by atoms with Gasteiger partial charge in [0.15, 0.2) is 0 Å². The third-order valence-electron chi connectivity index (χ3n) is 5.01. The average molecular weight is 445 g/mol. The summed E-state index contributed by atoms with van der Waals surface area (Å²) in [7, 11) is 0. The van der Waals surface area contributed by atoms with Gasteiger partial charge in [-0.25, -0.2) is 4.79 Å². The van der Waals surface area contributed by atoms with Crippen LogP contribution < -0.4 is 9.64 Å². The molecule has 10 heteroatoms. The zero-order valence-corrected chi connectivity index (χ0v) is 16.2. The number of carboxylic acids is 1.